The van der Waals surface area contributed by atoms with Crippen LogP contribution in [0.25, 0.3) is 11.0 Å². The van der Waals surface area contributed by atoms with E-state index in [0.717, 1.165) is 0 Å². The van der Waals surface area contributed by atoms with Gasteiger partial charge in [0, 0.05) is 25.5 Å². The van der Waals surface area contributed by atoms with Gasteiger partial charge in [0.15, 0.2) is 5.82 Å². The number of nitrogen functional groups attached to an aromatic ring is 1. The number of nitrogens with zero attached hydrogens (tertiary/aromatic N) is 4. The molecule has 1 saturated heterocycles. The predicted molar refractivity (Wildman–Crippen MR) is 95.6 cm³/mol. The highest BCUT2D eigenvalue weighted by Gasteiger charge is 2.29. The lowest BCUT2D eigenvalue weighted by Crippen LogP contribution is -2.41. The summed E-state index contributed by atoms with van der Waals surface area (Å²) in [5, 5.41) is 0. The molecule has 26 heavy (non-hydrogen) atoms. The number of aromatic amines is 1. The number of fused-ring (bicyclic) bond motifs is 1. The van der Waals surface area contributed by atoms with E-state index < -0.39 is 9.84 Å². The van der Waals surface area contributed by atoms with E-state index in [4.69, 9.17) is 10.5 Å². The van der Waals surface area contributed by atoms with Gasteiger partial charge in [-0.05, 0) is 19.1 Å². The molecule has 0 radical (unpaired) electrons. The number of sulfone groups is 1. The second kappa shape index (κ2) is 6.22. The number of rotatable bonds is 3. The number of hydrogen-bond acceptors (Lipinski definition) is 8. The molecule has 1 unspecified atom stereocenters. The third-order valence-electron chi connectivity index (χ3n) is 4.30. The van der Waals surface area contributed by atoms with Crippen LogP contribution in [0.4, 0.5) is 11.6 Å². The molecular formula is C16H18N6O3S. The number of hydrogen-bond donors (Lipinski definition) is 2. The zero-order chi connectivity index (χ0) is 18.3. The number of H-pyrrole nitrogens is 1. The molecule has 0 amide bonds. The van der Waals surface area contributed by atoms with Crippen LogP contribution in [0.2, 0.25) is 0 Å². The van der Waals surface area contributed by atoms with Gasteiger partial charge >= 0.3 is 0 Å². The summed E-state index contributed by atoms with van der Waals surface area (Å²) in [6, 6.07) is 3.04. The smallest absolute Gasteiger partial charge is 0.213 e. The third kappa shape index (κ3) is 2.67. The number of ether oxygens (including phenoxy) is 1. The molecule has 0 aliphatic carbocycles. The first-order valence-corrected chi connectivity index (χ1v) is 9.60. The summed E-state index contributed by atoms with van der Waals surface area (Å²) in [7, 11) is -3.86. The van der Waals surface area contributed by atoms with Crippen LogP contribution in [0.15, 0.2) is 40.6 Å². The third-order valence-corrected chi connectivity index (χ3v) is 6.11. The Hall–Kier alpha value is -2.72. The Bertz CT molecular complexity index is 1050. The van der Waals surface area contributed by atoms with Crippen molar-refractivity contribution in [3.05, 3.63) is 30.9 Å². The quantitative estimate of drug-likeness (QED) is 0.695. The van der Waals surface area contributed by atoms with Crippen molar-refractivity contribution in [1.82, 2.24) is 19.9 Å². The molecule has 10 heteroatoms. The minimum atomic E-state index is -3.86. The van der Waals surface area contributed by atoms with Crippen molar-refractivity contribution < 1.29 is 13.2 Å². The van der Waals surface area contributed by atoms with Gasteiger partial charge in [-0.15, -0.1) is 0 Å². The van der Waals surface area contributed by atoms with E-state index >= 15 is 0 Å². The van der Waals surface area contributed by atoms with Gasteiger partial charge in [0.1, 0.15) is 28.1 Å². The molecule has 3 N–H and O–H groups in total. The van der Waals surface area contributed by atoms with E-state index in [9.17, 15) is 8.42 Å². The first kappa shape index (κ1) is 16.7. The van der Waals surface area contributed by atoms with Crippen LogP contribution in [0, 0.1) is 0 Å². The number of nitrogens with two attached hydrogens (primary N) is 1. The molecule has 1 aliphatic heterocycles. The maximum Gasteiger partial charge on any atom is 0.213 e. The maximum absolute atomic E-state index is 13.0. The van der Waals surface area contributed by atoms with Gasteiger partial charge in [-0.25, -0.2) is 18.4 Å². The van der Waals surface area contributed by atoms with Crippen LogP contribution >= 0.6 is 0 Å². The Balaban J connectivity index is 1.88. The molecule has 1 aliphatic rings. The molecule has 4 heterocycles. The van der Waals surface area contributed by atoms with E-state index in [-0.39, 0.29) is 27.2 Å². The Labute approximate surface area is 150 Å². The van der Waals surface area contributed by atoms with Crippen LogP contribution in [0.5, 0.6) is 0 Å². The van der Waals surface area contributed by atoms with Crippen LogP contribution < -0.4 is 10.6 Å². The number of anilines is 2. The lowest BCUT2D eigenvalue weighted by atomic mass is 10.3. The van der Waals surface area contributed by atoms with Crippen molar-refractivity contribution >= 4 is 32.5 Å². The van der Waals surface area contributed by atoms with Gasteiger partial charge in [0.2, 0.25) is 9.84 Å². The topological polar surface area (TPSA) is 127 Å². The fraction of sp³-hybridized carbons (Fsp3) is 0.312. The zero-order valence-electron chi connectivity index (χ0n) is 14.1. The SMILES string of the molecule is CC1CN(c2ncnc3c(S(=O)(=O)c4cccnc4)c(N)[nH]c23)CCO1. The molecule has 3 aromatic heterocycles. The summed E-state index contributed by atoms with van der Waals surface area (Å²) in [4.78, 5) is 17.4. The first-order chi connectivity index (χ1) is 12.5. The number of morpholine rings is 1. The Kier molecular flexibility index (Phi) is 4.00. The largest absolute Gasteiger partial charge is 0.384 e. The van der Waals surface area contributed by atoms with Crippen molar-refractivity contribution in [2.24, 2.45) is 0 Å². The molecule has 0 saturated carbocycles. The molecule has 0 spiro atoms. The highest BCUT2D eigenvalue weighted by Crippen LogP contribution is 2.35. The molecule has 4 rings (SSSR count). The Morgan fingerprint density at radius 3 is 2.96 bits per heavy atom. The average Bonchev–Trinajstić information content (AvgIpc) is 2.99. The summed E-state index contributed by atoms with van der Waals surface area (Å²) in [6.07, 6.45) is 4.21. The minimum Gasteiger partial charge on any atom is -0.384 e. The fourth-order valence-electron chi connectivity index (χ4n) is 3.13. The molecule has 9 nitrogen and oxygen atoms in total. The van der Waals surface area contributed by atoms with Crippen molar-refractivity contribution in [1.29, 1.82) is 0 Å². The lowest BCUT2D eigenvalue weighted by molar-refractivity contribution is 0.0530. The standard InChI is InChI=1S/C16H18N6O3S/c1-10-8-22(5-6-25-10)16-13-12(19-9-20-16)14(15(17)21-13)26(23,24)11-3-2-4-18-7-11/h2-4,7,9-10,21H,5-6,8,17H2,1H3. The van der Waals surface area contributed by atoms with Gasteiger partial charge in [-0.1, -0.05) is 0 Å². The van der Waals surface area contributed by atoms with Gasteiger partial charge < -0.3 is 20.4 Å². The van der Waals surface area contributed by atoms with E-state index in [2.05, 4.69) is 19.9 Å². The van der Waals surface area contributed by atoms with Gasteiger partial charge in [0.05, 0.1) is 17.6 Å². The molecule has 1 atom stereocenters. The van der Waals surface area contributed by atoms with Crippen LogP contribution in [0.1, 0.15) is 6.92 Å². The van der Waals surface area contributed by atoms with E-state index in [0.29, 0.717) is 31.0 Å². The van der Waals surface area contributed by atoms with Crippen LogP contribution in [-0.4, -0.2) is 54.2 Å². The van der Waals surface area contributed by atoms with E-state index in [1.54, 1.807) is 6.07 Å². The molecule has 0 aromatic carbocycles. The second-order valence-electron chi connectivity index (χ2n) is 6.11. The van der Waals surface area contributed by atoms with Gasteiger partial charge in [-0.3, -0.25) is 4.98 Å². The normalized spacial score (nSPS) is 18.3. The monoisotopic (exact) mass is 374 g/mol. The second-order valence-corrected chi connectivity index (χ2v) is 7.99. The van der Waals surface area contributed by atoms with Crippen molar-refractivity contribution in [3.63, 3.8) is 0 Å². The highest BCUT2D eigenvalue weighted by atomic mass is 32.2. The summed E-state index contributed by atoms with van der Waals surface area (Å²) in [5.41, 5.74) is 6.81. The fourth-order valence-corrected chi connectivity index (χ4v) is 4.57. The van der Waals surface area contributed by atoms with E-state index in [1.807, 2.05) is 11.8 Å². The first-order valence-electron chi connectivity index (χ1n) is 8.12. The number of pyridine rings is 1. The molecule has 136 valence electrons. The van der Waals surface area contributed by atoms with Gasteiger partial charge in [-0.2, -0.15) is 0 Å². The van der Waals surface area contributed by atoms with E-state index in [1.165, 1.54) is 24.8 Å². The lowest BCUT2D eigenvalue weighted by Gasteiger charge is -2.32. The summed E-state index contributed by atoms with van der Waals surface area (Å²) in [6.45, 7) is 3.85. The minimum absolute atomic E-state index is 0.0342. The van der Waals surface area contributed by atoms with Crippen molar-refractivity contribution in [2.75, 3.05) is 30.3 Å². The maximum atomic E-state index is 13.0. The Morgan fingerprint density at radius 2 is 2.23 bits per heavy atom. The van der Waals surface area contributed by atoms with Crippen LogP contribution in [0.3, 0.4) is 0 Å². The van der Waals surface area contributed by atoms with Crippen molar-refractivity contribution in [2.45, 2.75) is 22.8 Å². The molecule has 1 fully saturated rings. The van der Waals surface area contributed by atoms with Gasteiger partial charge in [0.25, 0.3) is 0 Å². The Morgan fingerprint density at radius 1 is 1.38 bits per heavy atom. The molecular weight excluding hydrogens is 356 g/mol. The van der Waals surface area contributed by atoms with Crippen LogP contribution in [-0.2, 0) is 14.6 Å². The van der Waals surface area contributed by atoms with Crippen molar-refractivity contribution in [3.8, 4) is 0 Å². The molecule has 0 bridgehead atoms. The summed E-state index contributed by atoms with van der Waals surface area (Å²) < 4.78 is 31.6. The summed E-state index contributed by atoms with van der Waals surface area (Å²) in [5.74, 6) is 0.649. The number of nitrogens with one attached hydrogen (secondary N) is 1. The average molecular weight is 374 g/mol. The summed E-state index contributed by atoms with van der Waals surface area (Å²) >= 11 is 0. The molecule has 3 aromatic rings. The highest BCUT2D eigenvalue weighted by molar-refractivity contribution is 7.91. The number of aromatic nitrogens is 4. The zero-order valence-corrected chi connectivity index (χ0v) is 14.9. The predicted octanol–water partition coefficient (Wildman–Crippen LogP) is 0.993.